The topological polar surface area (TPSA) is 101 Å². The second-order valence-electron chi connectivity index (χ2n) is 5.77. The number of hydrogen-bond donors (Lipinski definition) is 3. The zero-order chi connectivity index (χ0) is 14.8. The molecule has 0 radical (unpaired) electrons. The molecule has 6 nitrogen and oxygen atoms in total. The lowest BCUT2D eigenvalue weighted by Crippen LogP contribution is -2.55. The second kappa shape index (κ2) is 5.83. The van der Waals surface area contributed by atoms with E-state index in [1.54, 1.807) is 6.92 Å². The summed E-state index contributed by atoms with van der Waals surface area (Å²) in [5, 5.41) is 0.112. The maximum Gasteiger partial charge on any atom is 0.258 e. The fourth-order valence-corrected chi connectivity index (χ4v) is 4.30. The summed E-state index contributed by atoms with van der Waals surface area (Å²) in [5.41, 5.74) is 5.35. The number of hydrogen-bond acceptors (Lipinski definition) is 4. The fraction of sp³-hybridized carbons (Fsp3) is 0.769. The number of sulfonamides is 1. The maximum atomic E-state index is 12.4. The third kappa shape index (κ3) is 3.21. The van der Waals surface area contributed by atoms with E-state index in [2.05, 4.69) is 21.6 Å². The third-order valence-corrected chi connectivity index (χ3v) is 5.84. The molecule has 0 aromatic carbocycles. The molecule has 114 valence electrons. The molecule has 0 spiro atoms. The minimum atomic E-state index is -3.58. The maximum absolute atomic E-state index is 12.4. The third-order valence-electron chi connectivity index (χ3n) is 4.35. The van der Waals surface area contributed by atoms with Crippen LogP contribution in [0.25, 0.3) is 0 Å². The van der Waals surface area contributed by atoms with Crippen molar-refractivity contribution in [2.75, 3.05) is 6.54 Å². The Kier molecular flexibility index (Phi) is 4.51. The van der Waals surface area contributed by atoms with Gasteiger partial charge in [-0.3, -0.25) is 0 Å². The molecule has 0 bridgehead atoms. The summed E-state index contributed by atoms with van der Waals surface area (Å²) >= 11 is 0. The molecule has 0 amide bonds. The molecule has 7 heteroatoms. The molecule has 0 atom stereocenters. The van der Waals surface area contributed by atoms with E-state index >= 15 is 0 Å². The molecule has 0 unspecified atom stereocenters. The van der Waals surface area contributed by atoms with Crippen LogP contribution >= 0.6 is 0 Å². The van der Waals surface area contributed by atoms with Gasteiger partial charge in [0.15, 0.2) is 5.03 Å². The van der Waals surface area contributed by atoms with Crippen LogP contribution in [0.2, 0.25) is 0 Å². The summed E-state index contributed by atoms with van der Waals surface area (Å²) in [4.78, 5) is 6.71. The highest BCUT2D eigenvalue weighted by molar-refractivity contribution is 7.89. The van der Waals surface area contributed by atoms with E-state index in [-0.39, 0.29) is 5.03 Å². The van der Waals surface area contributed by atoms with Gasteiger partial charge in [-0.2, -0.15) is 0 Å². The number of nitrogens with zero attached hydrogens (tertiary/aromatic N) is 1. The molecule has 1 saturated carbocycles. The van der Waals surface area contributed by atoms with E-state index < -0.39 is 15.6 Å². The summed E-state index contributed by atoms with van der Waals surface area (Å²) < 4.78 is 27.6. The number of rotatable bonds is 5. The van der Waals surface area contributed by atoms with Gasteiger partial charge in [0.25, 0.3) is 10.0 Å². The van der Waals surface area contributed by atoms with Gasteiger partial charge in [-0.05, 0) is 38.5 Å². The van der Waals surface area contributed by atoms with Crippen LogP contribution in [-0.2, 0) is 10.0 Å². The van der Waals surface area contributed by atoms with Crippen LogP contribution < -0.4 is 10.5 Å². The Morgan fingerprint density at radius 2 is 2.15 bits per heavy atom. The van der Waals surface area contributed by atoms with Crippen LogP contribution in [0.1, 0.15) is 44.9 Å². The summed E-state index contributed by atoms with van der Waals surface area (Å²) in [6.07, 6.45) is 6.14. The summed E-state index contributed by atoms with van der Waals surface area (Å²) in [5.74, 6) is 1.27. The lowest BCUT2D eigenvalue weighted by molar-refractivity contribution is 0.217. The molecule has 1 aromatic heterocycles. The van der Waals surface area contributed by atoms with E-state index in [4.69, 9.17) is 5.73 Å². The average molecular weight is 300 g/mol. The van der Waals surface area contributed by atoms with Crippen LogP contribution in [0, 0.1) is 12.8 Å². The van der Waals surface area contributed by atoms with Gasteiger partial charge in [-0.15, -0.1) is 0 Å². The zero-order valence-corrected chi connectivity index (χ0v) is 13.0. The van der Waals surface area contributed by atoms with Crippen LogP contribution in [-0.4, -0.2) is 30.5 Å². The van der Waals surface area contributed by atoms with Crippen LogP contribution in [0.3, 0.4) is 0 Å². The van der Waals surface area contributed by atoms with Crippen LogP contribution in [0.5, 0.6) is 0 Å². The van der Waals surface area contributed by atoms with Gasteiger partial charge in [-0.1, -0.05) is 13.3 Å². The molecular weight excluding hydrogens is 276 g/mol. The number of aryl methyl sites for hydroxylation is 1. The molecule has 1 aromatic rings. The van der Waals surface area contributed by atoms with E-state index in [1.807, 2.05) is 0 Å². The highest BCUT2D eigenvalue weighted by atomic mass is 32.2. The van der Waals surface area contributed by atoms with E-state index in [0.717, 1.165) is 32.1 Å². The van der Waals surface area contributed by atoms with Gasteiger partial charge in [0.1, 0.15) is 5.82 Å². The Hall–Kier alpha value is -0.920. The van der Waals surface area contributed by atoms with E-state index in [9.17, 15) is 8.42 Å². The van der Waals surface area contributed by atoms with Crippen molar-refractivity contribution in [2.24, 2.45) is 11.7 Å². The Labute approximate surface area is 120 Å². The highest BCUT2D eigenvalue weighted by Gasteiger charge is 2.38. The molecule has 1 aliphatic carbocycles. The Morgan fingerprint density at radius 3 is 2.60 bits per heavy atom. The SMILES string of the molecule is CCC1CCC(CN)(NS(=O)(=O)c2cnc(C)[nH]2)CC1. The number of nitrogens with two attached hydrogens (primary N) is 1. The van der Waals surface area contributed by atoms with Crippen molar-refractivity contribution < 1.29 is 8.42 Å². The molecular formula is C13H24N4O2S. The van der Waals surface area contributed by atoms with E-state index in [0.29, 0.717) is 18.3 Å². The lowest BCUT2D eigenvalue weighted by Gasteiger charge is -2.39. The molecule has 1 aliphatic rings. The number of imidazole rings is 1. The van der Waals surface area contributed by atoms with Crippen molar-refractivity contribution in [3.05, 3.63) is 12.0 Å². The normalized spacial score (nSPS) is 27.6. The average Bonchev–Trinajstić information content (AvgIpc) is 2.87. The Morgan fingerprint density at radius 1 is 1.50 bits per heavy atom. The standard InChI is InChI=1S/C13H24N4O2S/c1-3-11-4-6-13(9-14,7-5-11)17-20(18,19)12-8-15-10(2)16-12/h8,11,17H,3-7,9,14H2,1-2H3,(H,15,16). The molecule has 20 heavy (non-hydrogen) atoms. The molecule has 0 saturated heterocycles. The monoisotopic (exact) mass is 300 g/mol. The minimum Gasteiger partial charge on any atom is -0.332 e. The minimum absolute atomic E-state index is 0.112. The first-order valence-electron chi connectivity index (χ1n) is 7.16. The van der Waals surface area contributed by atoms with Crippen molar-refractivity contribution in [3.63, 3.8) is 0 Å². The largest absolute Gasteiger partial charge is 0.332 e. The molecule has 4 N–H and O–H groups in total. The smallest absolute Gasteiger partial charge is 0.258 e. The van der Waals surface area contributed by atoms with Crippen molar-refractivity contribution in [1.82, 2.24) is 14.7 Å². The predicted molar refractivity (Wildman–Crippen MR) is 77.7 cm³/mol. The molecule has 1 heterocycles. The highest BCUT2D eigenvalue weighted by Crippen LogP contribution is 2.34. The van der Waals surface area contributed by atoms with Gasteiger partial charge in [0.05, 0.1) is 6.20 Å². The summed E-state index contributed by atoms with van der Waals surface area (Å²) in [6, 6.07) is 0. The van der Waals surface area contributed by atoms with Crippen molar-refractivity contribution in [1.29, 1.82) is 0 Å². The van der Waals surface area contributed by atoms with Gasteiger partial charge in [0, 0.05) is 12.1 Å². The predicted octanol–water partition coefficient (Wildman–Crippen LogP) is 1.29. The van der Waals surface area contributed by atoms with Crippen molar-refractivity contribution in [3.8, 4) is 0 Å². The van der Waals surface area contributed by atoms with Crippen LogP contribution in [0.15, 0.2) is 11.2 Å². The molecule has 2 rings (SSSR count). The van der Waals surface area contributed by atoms with Gasteiger partial charge in [-0.25, -0.2) is 18.1 Å². The zero-order valence-electron chi connectivity index (χ0n) is 12.1. The summed E-state index contributed by atoms with van der Waals surface area (Å²) in [6.45, 7) is 4.23. The fourth-order valence-electron chi connectivity index (χ4n) is 2.86. The van der Waals surface area contributed by atoms with Gasteiger partial charge >= 0.3 is 0 Å². The van der Waals surface area contributed by atoms with Crippen molar-refractivity contribution in [2.45, 2.75) is 56.5 Å². The number of aromatic nitrogens is 2. The number of H-pyrrole nitrogens is 1. The number of aromatic amines is 1. The lowest BCUT2D eigenvalue weighted by atomic mass is 9.76. The Bertz CT molecular complexity index is 544. The second-order valence-corrected chi connectivity index (χ2v) is 7.43. The molecule has 1 fully saturated rings. The van der Waals surface area contributed by atoms with Crippen molar-refractivity contribution >= 4 is 10.0 Å². The van der Waals surface area contributed by atoms with Gasteiger partial charge < -0.3 is 10.7 Å². The quantitative estimate of drug-likeness (QED) is 0.762. The van der Waals surface area contributed by atoms with E-state index in [1.165, 1.54) is 6.20 Å². The molecule has 0 aliphatic heterocycles. The first kappa shape index (κ1) is 15.5. The van der Waals surface area contributed by atoms with Gasteiger partial charge in [0.2, 0.25) is 0 Å². The first-order chi connectivity index (χ1) is 9.41. The first-order valence-corrected chi connectivity index (χ1v) is 8.65. The summed E-state index contributed by atoms with van der Waals surface area (Å²) in [7, 11) is -3.58. The number of nitrogens with one attached hydrogen (secondary N) is 2. The van der Waals surface area contributed by atoms with Crippen LogP contribution in [0.4, 0.5) is 0 Å². The Balaban J connectivity index is 2.14.